The fourth-order valence-electron chi connectivity index (χ4n) is 4.11. The van der Waals surface area contributed by atoms with E-state index in [1.165, 1.54) is 39.1 Å². The predicted octanol–water partition coefficient (Wildman–Crippen LogP) is 2.20. The van der Waals surface area contributed by atoms with Crippen molar-refractivity contribution < 1.29 is 21.6 Å². The normalized spacial score (nSPS) is 17.8. The molecular formula is C21H24ClN3O5S2. The molecular weight excluding hydrogens is 474 g/mol. The fraction of sp³-hybridized carbons (Fsp3) is 0.381. The Morgan fingerprint density at radius 3 is 2.19 bits per heavy atom. The van der Waals surface area contributed by atoms with E-state index in [0.717, 1.165) is 5.56 Å². The van der Waals surface area contributed by atoms with Gasteiger partial charge in [0.25, 0.3) is 5.91 Å². The van der Waals surface area contributed by atoms with Crippen LogP contribution < -0.4 is 4.31 Å². The minimum atomic E-state index is -3.65. The van der Waals surface area contributed by atoms with Crippen molar-refractivity contribution in [2.24, 2.45) is 0 Å². The second kappa shape index (κ2) is 8.66. The van der Waals surface area contributed by atoms with Gasteiger partial charge in [0, 0.05) is 43.3 Å². The number of rotatable bonds is 4. The summed E-state index contributed by atoms with van der Waals surface area (Å²) in [6, 6.07) is 11.1. The molecule has 172 valence electrons. The summed E-state index contributed by atoms with van der Waals surface area (Å²) in [6.07, 6.45) is 2.58. The maximum Gasteiger partial charge on any atom is 0.253 e. The molecule has 0 spiro atoms. The summed E-state index contributed by atoms with van der Waals surface area (Å²) in [7, 11) is -7.02. The number of sulfonamides is 2. The number of benzene rings is 2. The first-order valence-corrected chi connectivity index (χ1v) is 13.9. The van der Waals surface area contributed by atoms with Gasteiger partial charge in [0.05, 0.1) is 16.8 Å². The Bertz CT molecular complexity index is 1240. The van der Waals surface area contributed by atoms with E-state index < -0.39 is 20.0 Å². The van der Waals surface area contributed by atoms with Crippen molar-refractivity contribution in [3.63, 3.8) is 0 Å². The molecule has 1 fully saturated rings. The minimum absolute atomic E-state index is 0.173. The number of nitrogens with zero attached hydrogens (tertiary/aromatic N) is 3. The molecule has 0 N–H and O–H groups in total. The lowest BCUT2D eigenvalue weighted by molar-refractivity contribution is 0.0698. The van der Waals surface area contributed by atoms with Gasteiger partial charge in [-0.05, 0) is 60.9 Å². The van der Waals surface area contributed by atoms with E-state index in [4.69, 9.17) is 11.6 Å². The summed E-state index contributed by atoms with van der Waals surface area (Å²) in [4.78, 5) is 14.8. The van der Waals surface area contributed by atoms with Gasteiger partial charge in [-0.15, -0.1) is 0 Å². The molecule has 0 unspecified atom stereocenters. The van der Waals surface area contributed by atoms with Crippen LogP contribution in [0, 0.1) is 0 Å². The average Bonchev–Trinajstić information content (AvgIpc) is 2.77. The lowest BCUT2D eigenvalue weighted by atomic mass is 10.00. The van der Waals surface area contributed by atoms with Gasteiger partial charge in [-0.25, -0.2) is 16.8 Å². The number of aryl methyl sites for hydroxylation is 1. The van der Waals surface area contributed by atoms with Crippen LogP contribution >= 0.6 is 11.6 Å². The number of hydrogen-bond donors (Lipinski definition) is 0. The summed E-state index contributed by atoms with van der Waals surface area (Å²) in [5, 5.41) is 0.462. The maximum absolute atomic E-state index is 13.0. The highest BCUT2D eigenvalue weighted by Gasteiger charge is 2.31. The first-order chi connectivity index (χ1) is 15.1. The predicted molar refractivity (Wildman–Crippen MR) is 123 cm³/mol. The lowest BCUT2D eigenvalue weighted by Gasteiger charge is -2.34. The molecule has 0 aromatic heterocycles. The Hall–Kier alpha value is -2.14. The van der Waals surface area contributed by atoms with Gasteiger partial charge in [-0.1, -0.05) is 11.6 Å². The third kappa shape index (κ3) is 4.50. The van der Waals surface area contributed by atoms with Crippen LogP contribution in [0.1, 0.15) is 22.3 Å². The number of fused-ring (bicyclic) bond motifs is 1. The molecule has 0 saturated carbocycles. The highest BCUT2D eigenvalue weighted by atomic mass is 35.5. The number of amides is 1. The Morgan fingerprint density at radius 2 is 1.56 bits per heavy atom. The summed E-state index contributed by atoms with van der Waals surface area (Å²) >= 11 is 5.85. The van der Waals surface area contributed by atoms with Crippen molar-refractivity contribution in [3.05, 3.63) is 58.6 Å². The molecule has 2 aliphatic rings. The average molecular weight is 498 g/mol. The van der Waals surface area contributed by atoms with E-state index in [2.05, 4.69) is 0 Å². The van der Waals surface area contributed by atoms with Crippen LogP contribution in [0.3, 0.4) is 0 Å². The highest BCUT2D eigenvalue weighted by Crippen LogP contribution is 2.30. The Labute approximate surface area is 193 Å². The Balaban J connectivity index is 1.46. The quantitative estimate of drug-likeness (QED) is 0.645. The van der Waals surface area contributed by atoms with E-state index in [-0.39, 0.29) is 37.0 Å². The van der Waals surface area contributed by atoms with Crippen molar-refractivity contribution in [3.8, 4) is 0 Å². The number of piperazine rings is 1. The van der Waals surface area contributed by atoms with Gasteiger partial charge in [-0.2, -0.15) is 4.31 Å². The van der Waals surface area contributed by atoms with Gasteiger partial charge in [0.15, 0.2) is 0 Å². The number of carbonyl (C=O) groups is 1. The molecule has 0 bridgehead atoms. The molecule has 32 heavy (non-hydrogen) atoms. The van der Waals surface area contributed by atoms with E-state index in [0.29, 0.717) is 35.7 Å². The molecule has 8 nitrogen and oxygen atoms in total. The van der Waals surface area contributed by atoms with Gasteiger partial charge in [0.2, 0.25) is 20.0 Å². The van der Waals surface area contributed by atoms with Crippen LogP contribution in [0.5, 0.6) is 0 Å². The molecule has 0 radical (unpaired) electrons. The smallest absolute Gasteiger partial charge is 0.253 e. The topological polar surface area (TPSA) is 95.1 Å². The molecule has 1 amide bonds. The maximum atomic E-state index is 13.0. The van der Waals surface area contributed by atoms with Crippen LogP contribution in [-0.4, -0.2) is 70.9 Å². The number of halogens is 1. The summed E-state index contributed by atoms with van der Waals surface area (Å²) in [5.41, 5.74) is 1.93. The third-order valence-electron chi connectivity index (χ3n) is 5.78. The first-order valence-electron chi connectivity index (χ1n) is 10.2. The summed E-state index contributed by atoms with van der Waals surface area (Å²) in [5.74, 6) is -0.187. The number of carbonyl (C=O) groups excluding carboxylic acids is 1. The van der Waals surface area contributed by atoms with Crippen LogP contribution in [-0.2, 0) is 26.5 Å². The summed E-state index contributed by atoms with van der Waals surface area (Å²) < 4.78 is 52.5. The minimum Gasteiger partial charge on any atom is -0.336 e. The van der Waals surface area contributed by atoms with Crippen molar-refractivity contribution in [2.45, 2.75) is 17.7 Å². The number of hydrogen-bond acceptors (Lipinski definition) is 5. The zero-order valence-electron chi connectivity index (χ0n) is 17.6. The second-order valence-corrected chi connectivity index (χ2v) is 12.2. The van der Waals surface area contributed by atoms with E-state index in [1.807, 2.05) is 0 Å². The zero-order valence-corrected chi connectivity index (χ0v) is 20.0. The zero-order chi connectivity index (χ0) is 23.1. The van der Waals surface area contributed by atoms with Crippen molar-refractivity contribution in [1.82, 2.24) is 9.21 Å². The van der Waals surface area contributed by atoms with Crippen molar-refractivity contribution in [1.29, 1.82) is 0 Å². The second-order valence-electron chi connectivity index (χ2n) is 7.93. The molecule has 1 saturated heterocycles. The monoisotopic (exact) mass is 497 g/mol. The van der Waals surface area contributed by atoms with Gasteiger partial charge >= 0.3 is 0 Å². The Kier molecular flexibility index (Phi) is 6.23. The molecule has 0 aliphatic carbocycles. The molecule has 2 heterocycles. The molecule has 0 atom stereocenters. The number of anilines is 1. The van der Waals surface area contributed by atoms with Crippen LogP contribution in [0.2, 0.25) is 5.02 Å². The standard InChI is InChI=1S/C21H24ClN3O5S2/c1-31(27,28)25-10-2-3-16-15-17(4-9-20(16)25)21(26)23-11-13-24(14-12-23)32(29,30)19-7-5-18(22)6-8-19/h4-9,15H,2-3,10-14H2,1H3. The van der Waals surface area contributed by atoms with Crippen LogP contribution in [0.4, 0.5) is 5.69 Å². The van der Waals surface area contributed by atoms with Crippen molar-refractivity contribution in [2.75, 3.05) is 43.3 Å². The van der Waals surface area contributed by atoms with E-state index in [9.17, 15) is 21.6 Å². The highest BCUT2D eigenvalue weighted by molar-refractivity contribution is 7.92. The molecule has 2 aliphatic heterocycles. The van der Waals surface area contributed by atoms with Gasteiger partial charge in [-0.3, -0.25) is 9.10 Å². The molecule has 11 heteroatoms. The lowest BCUT2D eigenvalue weighted by Crippen LogP contribution is -2.50. The van der Waals surface area contributed by atoms with Crippen LogP contribution in [0.15, 0.2) is 47.4 Å². The largest absolute Gasteiger partial charge is 0.336 e. The van der Waals surface area contributed by atoms with E-state index in [1.54, 1.807) is 23.1 Å². The van der Waals surface area contributed by atoms with Gasteiger partial charge < -0.3 is 4.90 Å². The third-order valence-corrected chi connectivity index (χ3v) is 9.12. The van der Waals surface area contributed by atoms with Crippen LogP contribution in [0.25, 0.3) is 0 Å². The molecule has 4 rings (SSSR count). The SMILES string of the molecule is CS(=O)(=O)N1CCCc2cc(C(=O)N3CCN(S(=O)(=O)c4ccc(Cl)cc4)CC3)ccc21. The van der Waals surface area contributed by atoms with Crippen molar-refractivity contribution >= 4 is 43.2 Å². The Morgan fingerprint density at radius 1 is 0.906 bits per heavy atom. The van der Waals surface area contributed by atoms with Gasteiger partial charge in [0.1, 0.15) is 0 Å². The van der Waals surface area contributed by atoms with E-state index >= 15 is 0 Å². The molecule has 2 aromatic carbocycles. The summed E-state index contributed by atoms with van der Waals surface area (Å²) in [6.45, 7) is 1.38. The fourth-order valence-corrected chi connectivity index (χ4v) is 6.65. The first kappa shape index (κ1) is 23.0. The molecule has 2 aromatic rings.